The Hall–Kier alpha value is -8.46. The predicted octanol–water partition coefficient (Wildman–Crippen LogP) is 19.7. The number of benzene rings is 10. The standard InChI is InChI=1S/C73H60N2/c1-49-39-43-57(48-65(49)53-42-46-62-60-29-13-17-38-69(60)75(70(62)47-53)55-27-10-5-11-28-55)74(68-37-16-14-30-61(68)63-34-19-24-52-23-18-32-58(71(52)63)50-21-6-3-7-22-50)56-44-40-51(41-45-56)59-33-20-36-67-72(59)64-31-12-15-35-66(64)73(67,2)54-25-8-4-9-26-54/h4-5,8-20,23-50,65H,3,6-7,21-22H2,1-2H3. The third-order valence-electron chi connectivity index (χ3n) is 17.4. The summed E-state index contributed by atoms with van der Waals surface area (Å²) in [6, 6.07) is 86.6. The largest absolute Gasteiger partial charge is 0.310 e. The summed E-state index contributed by atoms with van der Waals surface area (Å²) in [6.07, 6.45) is 13.8. The first-order chi connectivity index (χ1) is 37.0. The van der Waals surface area contributed by atoms with Crippen molar-refractivity contribution in [1.82, 2.24) is 4.57 Å². The monoisotopic (exact) mass is 964 g/mol. The summed E-state index contributed by atoms with van der Waals surface area (Å²) >= 11 is 0. The van der Waals surface area contributed by atoms with Crippen molar-refractivity contribution >= 4 is 44.0 Å². The van der Waals surface area contributed by atoms with Crippen LogP contribution in [0.1, 0.15) is 85.6 Å². The van der Waals surface area contributed by atoms with Crippen molar-refractivity contribution in [3.63, 3.8) is 0 Å². The molecule has 11 aromatic rings. The summed E-state index contributed by atoms with van der Waals surface area (Å²) in [6.45, 7) is 4.78. The molecule has 1 aromatic heterocycles. The second-order valence-corrected chi connectivity index (χ2v) is 21.6. The molecule has 3 unspecified atom stereocenters. The highest BCUT2D eigenvalue weighted by Crippen LogP contribution is 2.55. The Morgan fingerprint density at radius 2 is 1.17 bits per heavy atom. The van der Waals surface area contributed by atoms with Crippen LogP contribution in [0.4, 0.5) is 11.4 Å². The van der Waals surface area contributed by atoms with Gasteiger partial charge < -0.3 is 9.47 Å². The molecule has 0 bridgehead atoms. The topological polar surface area (TPSA) is 8.17 Å². The lowest BCUT2D eigenvalue weighted by Gasteiger charge is -2.33. The lowest BCUT2D eigenvalue weighted by Crippen LogP contribution is -2.22. The van der Waals surface area contributed by atoms with Crippen LogP contribution in [0.2, 0.25) is 0 Å². The average Bonchev–Trinajstić information content (AvgIpc) is 4.01. The van der Waals surface area contributed by atoms with Gasteiger partial charge in [0.1, 0.15) is 0 Å². The molecule has 0 amide bonds. The summed E-state index contributed by atoms with van der Waals surface area (Å²) in [5.41, 5.74) is 21.4. The highest BCUT2D eigenvalue weighted by molar-refractivity contribution is 6.09. The van der Waals surface area contributed by atoms with E-state index in [1.54, 1.807) is 0 Å². The summed E-state index contributed by atoms with van der Waals surface area (Å²) in [4.78, 5) is 2.55. The number of anilines is 2. The molecular weight excluding hydrogens is 905 g/mol. The van der Waals surface area contributed by atoms with Gasteiger partial charge in [-0.2, -0.15) is 0 Å². The van der Waals surface area contributed by atoms with Crippen LogP contribution >= 0.6 is 0 Å². The summed E-state index contributed by atoms with van der Waals surface area (Å²) < 4.78 is 2.45. The van der Waals surface area contributed by atoms with Crippen molar-refractivity contribution in [3.8, 4) is 39.1 Å². The minimum atomic E-state index is -0.266. The quantitative estimate of drug-likeness (QED) is 0.140. The van der Waals surface area contributed by atoms with E-state index in [4.69, 9.17) is 0 Å². The second-order valence-electron chi connectivity index (χ2n) is 21.6. The van der Waals surface area contributed by atoms with Gasteiger partial charge in [0.25, 0.3) is 0 Å². The zero-order valence-electron chi connectivity index (χ0n) is 42.8. The molecule has 0 saturated heterocycles. The van der Waals surface area contributed by atoms with Crippen LogP contribution in [0.25, 0.3) is 71.6 Å². The van der Waals surface area contributed by atoms with Gasteiger partial charge in [-0.05, 0) is 147 Å². The molecule has 0 aliphatic heterocycles. The van der Waals surface area contributed by atoms with Crippen LogP contribution in [-0.2, 0) is 5.41 Å². The Morgan fingerprint density at radius 1 is 0.520 bits per heavy atom. The van der Waals surface area contributed by atoms with E-state index in [-0.39, 0.29) is 17.3 Å². The van der Waals surface area contributed by atoms with E-state index >= 15 is 0 Å². The normalized spacial score (nSPS) is 18.3. The number of allylic oxidation sites excluding steroid dienone is 3. The van der Waals surface area contributed by atoms with Crippen molar-refractivity contribution in [2.24, 2.45) is 5.92 Å². The van der Waals surface area contributed by atoms with Crippen LogP contribution in [0.5, 0.6) is 0 Å². The van der Waals surface area contributed by atoms with Crippen molar-refractivity contribution in [1.29, 1.82) is 0 Å². The molecule has 0 radical (unpaired) electrons. The van der Waals surface area contributed by atoms with Crippen LogP contribution < -0.4 is 4.90 Å². The third kappa shape index (κ3) is 7.44. The van der Waals surface area contributed by atoms with Gasteiger partial charge in [0.15, 0.2) is 0 Å². The van der Waals surface area contributed by atoms with Gasteiger partial charge in [-0.25, -0.2) is 0 Å². The number of nitrogens with zero attached hydrogens (tertiary/aromatic N) is 2. The molecule has 0 spiro atoms. The molecule has 0 N–H and O–H groups in total. The lowest BCUT2D eigenvalue weighted by molar-refractivity contribution is 0.445. The number of hydrogen-bond acceptors (Lipinski definition) is 1. The van der Waals surface area contributed by atoms with Crippen LogP contribution in [0.15, 0.2) is 254 Å². The molecule has 1 fully saturated rings. The maximum atomic E-state index is 2.55. The Labute approximate surface area is 441 Å². The Bertz CT molecular complexity index is 4010. The van der Waals surface area contributed by atoms with Gasteiger partial charge in [-0.3, -0.25) is 0 Å². The zero-order chi connectivity index (χ0) is 50.0. The van der Waals surface area contributed by atoms with Gasteiger partial charge >= 0.3 is 0 Å². The predicted molar refractivity (Wildman–Crippen MR) is 317 cm³/mol. The van der Waals surface area contributed by atoms with Gasteiger partial charge in [0.05, 0.1) is 16.7 Å². The number of rotatable bonds is 9. The second kappa shape index (κ2) is 18.5. The molecule has 3 atom stereocenters. The molecule has 362 valence electrons. The van der Waals surface area contributed by atoms with Crippen molar-refractivity contribution in [3.05, 3.63) is 282 Å². The van der Waals surface area contributed by atoms with E-state index in [9.17, 15) is 0 Å². The van der Waals surface area contributed by atoms with Crippen LogP contribution in [-0.4, -0.2) is 4.57 Å². The van der Waals surface area contributed by atoms with Crippen LogP contribution in [0.3, 0.4) is 0 Å². The smallest absolute Gasteiger partial charge is 0.0544 e. The molecule has 75 heavy (non-hydrogen) atoms. The lowest BCUT2D eigenvalue weighted by atomic mass is 9.74. The van der Waals surface area contributed by atoms with E-state index in [1.165, 1.54) is 143 Å². The van der Waals surface area contributed by atoms with E-state index in [0.29, 0.717) is 5.92 Å². The number of fused-ring (bicyclic) bond motifs is 7. The first kappa shape index (κ1) is 45.2. The Morgan fingerprint density at radius 3 is 2.00 bits per heavy atom. The van der Waals surface area contributed by atoms with E-state index in [2.05, 4.69) is 272 Å². The van der Waals surface area contributed by atoms with E-state index in [0.717, 1.165) is 5.69 Å². The fraction of sp³-hybridized carbons (Fsp3) is 0.151. The van der Waals surface area contributed by atoms with Crippen molar-refractivity contribution in [2.45, 2.75) is 63.2 Å². The number of para-hydroxylation sites is 3. The first-order valence-electron chi connectivity index (χ1n) is 27.3. The van der Waals surface area contributed by atoms with Crippen molar-refractivity contribution < 1.29 is 0 Å². The maximum Gasteiger partial charge on any atom is 0.0544 e. The zero-order valence-corrected chi connectivity index (χ0v) is 42.8. The SMILES string of the molecule is CC1C=CC(N(c2ccc(-c3cccc4c3-c3ccccc3C4(C)c3ccccc3)cc2)c2ccccc2-c2cccc3cccc(C4CCCCC4)c23)=CC1c1ccc2c3ccccc3n(-c3ccccc3)c2c1. The number of hydrogen-bond donors (Lipinski definition) is 0. The first-order valence-corrected chi connectivity index (χ1v) is 27.3. The van der Waals surface area contributed by atoms with Crippen LogP contribution in [0, 0.1) is 5.92 Å². The third-order valence-corrected chi connectivity index (χ3v) is 17.4. The highest BCUT2D eigenvalue weighted by atomic mass is 15.1. The molecule has 10 aromatic carbocycles. The molecular formula is C73H60N2. The molecule has 2 heteroatoms. The summed E-state index contributed by atoms with van der Waals surface area (Å²) in [5, 5.41) is 5.27. The average molecular weight is 965 g/mol. The molecule has 2 nitrogen and oxygen atoms in total. The van der Waals surface area contributed by atoms with Gasteiger partial charge in [0, 0.05) is 44.7 Å². The molecule has 14 rings (SSSR count). The van der Waals surface area contributed by atoms with Gasteiger partial charge in [-0.1, -0.05) is 226 Å². The molecule has 3 aliphatic carbocycles. The maximum absolute atomic E-state index is 2.55. The molecule has 1 heterocycles. The van der Waals surface area contributed by atoms with Crippen molar-refractivity contribution in [2.75, 3.05) is 4.90 Å². The molecule has 1 saturated carbocycles. The summed E-state index contributed by atoms with van der Waals surface area (Å²) in [7, 11) is 0. The molecule has 3 aliphatic rings. The highest BCUT2D eigenvalue weighted by Gasteiger charge is 2.41. The van der Waals surface area contributed by atoms with E-state index in [1.807, 2.05) is 0 Å². The minimum Gasteiger partial charge on any atom is -0.310 e. The minimum absolute atomic E-state index is 0.131. The Balaban J connectivity index is 0.940. The van der Waals surface area contributed by atoms with Gasteiger partial charge in [0.2, 0.25) is 0 Å². The summed E-state index contributed by atoms with van der Waals surface area (Å²) in [5.74, 6) is 0.980. The fourth-order valence-electron chi connectivity index (χ4n) is 13.7. The van der Waals surface area contributed by atoms with Gasteiger partial charge in [-0.15, -0.1) is 0 Å². The van der Waals surface area contributed by atoms with E-state index < -0.39 is 0 Å². The Kier molecular flexibility index (Phi) is 11.1. The number of aromatic nitrogens is 1. The fourth-order valence-corrected chi connectivity index (χ4v) is 13.7.